The minimum Gasteiger partial charge on any atom is -0.392 e. The highest BCUT2D eigenvalue weighted by atomic mass is 79.9. The van der Waals surface area contributed by atoms with Crippen molar-refractivity contribution in [3.8, 4) is 0 Å². The van der Waals surface area contributed by atoms with Crippen LogP contribution in [0.15, 0.2) is 33.2 Å². The van der Waals surface area contributed by atoms with Gasteiger partial charge in [0.15, 0.2) is 0 Å². The van der Waals surface area contributed by atoms with E-state index < -0.39 is 11.8 Å². The Labute approximate surface area is 114 Å². The molecule has 0 spiro atoms. The SMILES string of the molecule is O=C1C(Br)=C(Br)C(=O)N1c1ccc(CO)cc1. The molecule has 4 nitrogen and oxygen atoms in total. The molecule has 1 aliphatic rings. The van der Waals surface area contributed by atoms with Gasteiger partial charge in [0.2, 0.25) is 0 Å². The normalized spacial score (nSPS) is 16.1. The van der Waals surface area contributed by atoms with Crippen molar-refractivity contribution in [1.29, 1.82) is 0 Å². The molecule has 1 aromatic carbocycles. The minimum absolute atomic E-state index is 0.0756. The first-order valence-electron chi connectivity index (χ1n) is 4.70. The molecule has 0 atom stereocenters. The molecular formula is C11H7Br2NO3. The first-order valence-corrected chi connectivity index (χ1v) is 6.28. The molecule has 0 aliphatic carbocycles. The van der Waals surface area contributed by atoms with Crippen LogP contribution in [0.4, 0.5) is 5.69 Å². The summed E-state index contributed by atoms with van der Waals surface area (Å²) in [4.78, 5) is 24.7. The number of nitrogens with zero attached hydrogens (tertiary/aromatic N) is 1. The summed E-state index contributed by atoms with van der Waals surface area (Å²) >= 11 is 6.11. The number of rotatable bonds is 2. The van der Waals surface area contributed by atoms with Crippen LogP contribution in [0.1, 0.15) is 5.56 Å². The number of halogens is 2. The van der Waals surface area contributed by atoms with E-state index in [1.807, 2.05) is 0 Å². The maximum absolute atomic E-state index is 11.8. The van der Waals surface area contributed by atoms with E-state index in [1.165, 1.54) is 0 Å². The molecule has 17 heavy (non-hydrogen) atoms. The van der Waals surface area contributed by atoms with Crippen LogP contribution in [0.2, 0.25) is 0 Å². The molecule has 1 aromatic rings. The fraction of sp³-hybridized carbons (Fsp3) is 0.0909. The van der Waals surface area contributed by atoms with Gasteiger partial charge in [0, 0.05) is 0 Å². The monoisotopic (exact) mass is 359 g/mol. The fourth-order valence-corrected chi connectivity index (χ4v) is 2.16. The highest BCUT2D eigenvalue weighted by Crippen LogP contribution is 2.33. The van der Waals surface area contributed by atoms with Gasteiger partial charge in [0.1, 0.15) is 8.96 Å². The van der Waals surface area contributed by atoms with E-state index in [-0.39, 0.29) is 15.6 Å². The molecule has 6 heteroatoms. The standard InChI is InChI=1S/C11H7Br2NO3/c12-8-9(13)11(17)14(10(8)16)7-3-1-6(5-15)2-4-7/h1-4,15H,5H2. The fourth-order valence-electron chi connectivity index (χ4n) is 1.46. The van der Waals surface area contributed by atoms with Gasteiger partial charge in [-0.25, -0.2) is 4.90 Å². The van der Waals surface area contributed by atoms with Gasteiger partial charge in [-0.3, -0.25) is 9.59 Å². The number of amides is 2. The highest BCUT2D eigenvalue weighted by molar-refractivity contribution is 9.14. The molecule has 2 rings (SSSR count). The van der Waals surface area contributed by atoms with Crippen LogP contribution in [0.5, 0.6) is 0 Å². The molecule has 0 saturated heterocycles. The molecule has 0 radical (unpaired) electrons. The van der Waals surface area contributed by atoms with E-state index in [1.54, 1.807) is 24.3 Å². The molecule has 0 saturated carbocycles. The van der Waals surface area contributed by atoms with Crippen LogP contribution in [-0.4, -0.2) is 16.9 Å². The summed E-state index contributed by atoms with van der Waals surface area (Å²) in [7, 11) is 0. The van der Waals surface area contributed by atoms with E-state index >= 15 is 0 Å². The lowest BCUT2D eigenvalue weighted by atomic mass is 10.2. The molecule has 1 heterocycles. The van der Waals surface area contributed by atoms with Crippen LogP contribution in [0.3, 0.4) is 0 Å². The number of imide groups is 1. The van der Waals surface area contributed by atoms with Crippen LogP contribution in [0.25, 0.3) is 0 Å². The third-order valence-electron chi connectivity index (χ3n) is 2.35. The molecular weight excluding hydrogens is 354 g/mol. The zero-order valence-corrected chi connectivity index (χ0v) is 11.7. The summed E-state index contributed by atoms with van der Waals surface area (Å²) < 4.78 is 0.433. The van der Waals surface area contributed by atoms with Crippen molar-refractivity contribution in [3.05, 3.63) is 38.8 Å². The summed E-state index contributed by atoms with van der Waals surface area (Å²) in [6.07, 6.45) is 0. The van der Waals surface area contributed by atoms with E-state index in [9.17, 15) is 9.59 Å². The first-order chi connectivity index (χ1) is 8.06. The van der Waals surface area contributed by atoms with Gasteiger partial charge in [-0.15, -0.1) is 0 Å². The van der Waals surface area contributed by atoms with Crippen molar-refractivity contribution in [2.45, 2.75) is 6.61 Å². The smallest absolute Gasteiger partial charge is 0.273 e. The lowest BCUT2D eigenvalue weighted by molar-refractivity contribution is -0.120. The van der Waals surface area contributed by atoms with Gasteiger partial charge in [0.25, 0.3) is 11.8 Å². The molecule has 2 amide bonds. The second-order valence-electron chi connectivity index (χ2n) is 3.40. The number of anilines is 1. The summed E-state index contributed by atoms with van der Waals surface area (Å²) in [5, 5.41) is 8.91. The summed E-state index contributed by atoms with van der Waals surface area (Å²) in [5.74, 6) is -0.808. The zero-order valence-electron chi connectivity index (χ0n) is 8.48. The number of hydrogen-bond acceptors (Lipinski definition) is 3. The maximum Gasteiger partial charge on any atom is 0.273 e. The van der Waals surface area contributed by atoms with Gasteiger partial charge in [0.05, 0.1) is 12.3 Å². The lowest BCUT2D eigenvalue weighted by Crippen LogP contribution is -2.30. The highest BCUT2D eigenvalue weighted by Gasteiger charge is 2.36. The van der Waals surface area contributed by atoms with Gasteiger partial charge >= 0.3 is 0 Å². The Morgan fingerprint density at radius 1 is 1.00 bits per heavy atom. The van der Waals surface area contributed by atoms with E-state index in [4.69, 9.17) is 5.11 Å². The lowest BCUT2D eigenvalue weighted by Gasteiger charge is -2.14. The summed E-state index contributed by atoms with van der Waals surface area (Å²) in [5.41, 5.74) is 1.20. The van der Waals surface area contributed by atoms with Gasteiger partial charge in [-0.2, -0.15) is 0 Å². The van der Waals surface area contributed by atoms with Crippen LogP contribution in [0, 0.1) is 0 Å². The molecule has 0 fully saturated rings. The third-order valence-corrected chi connectivity index (χ3v) is 4.35. The topological polar surface area (TPSA) is 57.6 Å². The van der Waals surface area contributed by atoms with Crippen molar-refractivity contribution < 1.29 is 14.7 Å². The number of benzene rings is 1. The van der Waals surface area contributed by atoms with Crippen molar-refractivity contribution in [2.75, 3.05) is 4.90 Å². The number of carbonyl (C=O) groups is 2. The van der Waals surface area contributed by atoms with Crippen molar-refractivity contribution in [2.24, 2.45) is 0 Å². The summed E-state index contributed by atoms with van der Waals surface area (Å²) in [6, 6.07) is 6.56. The molecule has 88 valence electrons. The number of carbonyl (C=O) groups excluding carboxylic acids is 2. The van der Waals surface area contributed by atoms with E-state index in [0.717, 1.165) is 10.5 Å². The Morgan fingerprint density at radius 3 is 1.88 bits per heavy atom. The predicted octanol–water partition coefficient (Wildman–Crippen LogP) is 2.05. The zero-order chi connectivity index (χ0) is 12.6. The molecule has 0 unspecified atom stereocenters. The predicted molar refractivity (Wildman–Crippen MR) is 69.7 cm³/mol. The van der Waals surface area contributed by atoms with Gasteiger partial charge in [-0.1, -0.05) is 12.1 Å². The summed E-state index contributed by atoms with van der Waals surface area (Å²) in [6.45, 7) is -0.0756. The Balaban J connectivity index is 2.36. The quantitative estimate of drug-likeness (QED) is 0.821. The van der Waals surface area contributed by atoms with Crippen LogP contribution in [-0.2, 0) is 16.2 Å². The molecule has 1 N–H and O–H groups in total. The second kappa shape index (κ2) is 4.72. The number of aliphatic hydroxyl groups excluding tert-OH is 1. The average molecular weight is 361 g/mol. The average Bonchev–Trinajstić information content (AvgIpc) is 2.54. The van der Waals surface area contributed by atoms with Crippen molar-refractivity contribution >= 4 is 49.4 Å². The van der Waals surface area contributed by atoms with Crippen LogP contribution < -0.4 is 4.90 Å². The number of aliphatic hydroxyl groups is 1. The van der Waals surface area contributed by atoms with Crippen LogP contribution >= 0.6 is 31.9 Å². The third kappa shape index (κ3) is 2.08. The Kier molecular flexibility index (Phi) is 3.46. The Bertz CT molecular complexity index is 498. The maximum atomic E-state index is 11.8. The van der Waals surface area contributed by atoms with E-state index in [0.29, 0.717) is 5.69 Å². The second-order valence-corrected chi connectivity index (χ2v) is 4.98. The van der Waals surface area contributed by atoms with Crippen molar-refractivity contribution in [1.82, 2.24) is 0 Å². The molecule has 0 aromatic heterocycles. The number of hydrogen-bond donors (Lipinski definition) is 1. The molecule has 0 bridgehead atoms. The van der Waals surface area contributed by atoms with E-state index in [2.05, 4.69) is 31.9 Å². The van der Waals surface area contributed by atoms with Gasteiger partial charge in [-0.05, 0) is 49.6 Å². The Morgan fingerprint density at radius 2 is 1.47 bits per heavy atom. The Hall–Kier alpha value is -0.980. The van der Waals surface area contributed by atoms with Gasteiger partial charge < -0.3 is 5.11 Å². The minimum atomic E-state index is -0.404. The van der Waals surface area contributed by atoms with Crippen molar-refractivity contribution in [3.63, 3.8) is 0 Å². The first kappa shape index (κ1) is 12.5. The molecule has 1 aliphatic heterocycles. The largest absolute Gasteiger partial charge is 0.392 e.